The van der Waals surface area contributed by atoms with E-state index >= 15 is 0 Å². The Hall–Kier alpha value is -1.77. The molecule has 0 fully saturated rings. The minimum atomic E-state index is -4.58. The summed E-state index contributed by atoms with van der Waals surface area (Å²) in [6.07, 6.45) is -3.50. The first-order chi connectivity index (χ1) is 9.48. The molecule has 1 amide bonds. The standard InChI is InChI=1S/C12H19F3N4O2/c1-11(2,3)10(12(13,14)15)18-9(21)7-6-17-19(4-5-20)8(7)16/h6,10,20H,4-5,16H2,1-3H3,(H,18,21). The second kappa shape index (κ2) is 5.92. The smallest absolute Gasteiger partial charge is 0.394 e. The second-order valence-electron chi connectivity index (χ2n) is 5.70. The number of nitrogens with one attached hydrogen (secondary N) is 1. The number of anilines is 1. The SMILES string of the molecule is CC(C)(C)C(NC(=O)c1cnn(CCO)c1N)C(F)(F)F. The fourth-order valence-corrected chi connectivity index (χ4v) is 1.84. The first kappa shape index (κ1) is 17.3. The van der Waals surface area contributed by atoms with Gasteiger partial charge in [0.05, 0.1) is 19.3 Å². The molecule has 0 spiro atoms. The molecule has 1 heterocycles. The molecule has 9 heteroatoms. The van der Waals surface area contributed by atoms with Gasteiger partial charge in [0.1, 0.15) is 17.4 Å². The zero-order valence-electron chi connectivity index (χ0n) is 12.0. The van der Waals surface area contributed by atoms with Gasteiger partial charge in [-0.1, -0.05) is 20.8 Å². The average molecular weight is 308 g/mol. The third-order valence-corrected chi connectivity index (χ3v) is 2.91. The van der Waals surface area contributed by atoms with E-state index in [0.717, 1.165) is 10.9 Å². The van der Waals surface area contributed by atoms with E-state index in [1.54, 1.807) is 0 Å². The van der Waals surface area contributed by atoms with Gasteiger partial charge >= 0.3 is 6.18 Å². The maximum absolute atomic E-state index is 13.0. The monoisotopic (exact) mass is 308 g/mol. The van der Waals surface area contributed by atoms with Gasteiger partial charge in [-0.2, -0.15) is 18.3 Å². The molecule has 1 aromatic heterocycles. The maximum Gasteiger partial charge on any atom is 0.409 e. The van der Waals surface area contributed by atoms with Crippen molar-refractivity contribution in [1.82, 2.24) is 15.1 Å². The maximum atomic E-state index is 13.0. The lowest BCUT2D eigenvalue weighted by molar-refractivity contribution is -0.174. The zero-order chi connectivity index (χ0) is 16.4. The normalized spacial score (nSPS) is 14.0. The first-order valence-electron chi connectivity index (χ1n) is 6.28. The van der Waals surface area contributed by atoms with Crippen LogP contribution in [0.2, 0.25) is 0 Å². The van der Waals surface area contributed by atoms with Crippen LogP contribution in [0.5, 0.6) is 0 Å². The largest absolute Gasteiger partial charge is 0.409 e. The van der Waals surface area contributed by atoms with Gasteiger partial charge < -0.3 is 16.2 Å². The van der Waals surface area contributed by atoms with Crippen LogP contribution in [-0.4, -0.2) is 39.6 Å². The van der Waals surface area contributed by atoms with Crippen molar-refractivity contribution in [2.24, 2.45) is 5.41 Å². The highest BCUT2D eigenvalue weighted by Crippen LogP contribution is 2.33. The molecule has 0 radical (unpaired) electrons. The van der Waals surface area contributed by atoms with Gasteiger partial charge in [0.25, 0.3) is 5.91 Å². The molecule has 6 nitrogen and oxygen atoms in total. The third-order valence-electron chi connectivity index (χ3n) is 2.91. The number of alkyl halides is 3. The lowest BCUT2D eigenvalue weighted by Gasteiger charge is -2.32. The average Bonchev–Trinajstić information content (AvgIpc) is 2.65. The molecule has 0 aromatic carbocycles. The molecule has 1 rings (SSSR count). The van der Waals surface area contributed by atoms with Crippen molar-refractivity contribution in [3.05, 3.63) is 11.8 Å². The van der Waals surface area contributed by atoms with Crippen LogP contribution in [0.15, 0.2) is 6.20 Å². The summed E-state index contributed by atoms with van der Waals surface area (Å²) in [4.78, 5) is 12.0. The number of nitrogens with two attached hydrogens (primary N) is 1. The number of hydrogen-bond acceptors (Lipinski definition) is 4. The van der Waals surface area contributed by atoms with E-state index in [1.807, 2.05) is 5.32 Å². The molecule has 0 saturated heterocycles. The van der Waals surface area contributed by atoms with E-state index in [2.05, 4.69) is 5.10 Å². The number of nitrogens with zero attached hydrogens (tertiary/aromatic N) is 2. The Morgan fingerprint density at radius 3 is 2.48 bits per heavy atom. The third kappa shape index (κ3) is 4.10. The van der Waals surface area contributed by atoms with Crippen molar-refractivity contribution < 1.29 is 23.1 Å². The van der Waals surface area contributed by atoms with Gasteiger partial charge in [-0.15, -0.1) is 0 Å². The van der Waals surface area contributed by atoms with Crippen LogP contribution in [0.1, 0.15) is 31.1 Å². The Balaban J connectivity index is 2.98. The summed E-state index contributed by atoms with van der Waals surface area (Å²) in [6.45, 7) is 3.94. The van der Waals surface area contributed by atoms with E-state index in [1.165, 1.54) is 20.8 Å². The lowest BCUT2D eigenvalue weighted by Crippen LogP contribution is -2.53. The molecule has 0 saturated carbocycles. The van der Waals surface area contributed by atoms with Crippen molar-refractivity contribution in [1.29, 1.82) is 0 Å². The molecule has 4 N–H and O–H groups in total. The number of halogens is 3. The Morgan fingerprint density at radius 2 is 2.05 bits per heavy atom. The summed E-state index contributed by atoms with van der Waals surface area (Å²) in [5.74, 6) is -1.04. The van der Waals surface area contributed by atoms with Crippen molar-refractivity contribution in [3.63, 3.8) is 0 Å². The Bertz CT molecular complexity index is 492. The van der Waals surface area contributed by atoms with Crippen LogP contribution < -0.4 is 11.1 Å². The molecule has 0 aliphatic rings. The Morgan fingerprint density at radius 1 is 1.48 bits per heavy atom. The van der Waals surface area contributed by atoms with Crippen LogP contribution in [0, 0.1) is 5.41 Å². The van der Waals surface area contributed by atoms with Crippen LogP contribution in [0.25, 0.3) is 0 Å². The number of aliphatic hydroxyl groups is 1. The van der Waals surface area contributed by atoms with E-state index in [0.29, 0.717) is 0 Å². The number of amides is 1. The number of nitrogen functional groups attached to an aromatic ring is 1. The summed E-state index contributed by atoms with van der Waals surface area (Å²) < 4.78 is 40.2. The van der Waals surface area contributed by atoms with Crippen LogP contribution >= 0.6 is 0 Å². The fourth-order valence-electron chi connectivity index (χ4n) is 1.84. The highest BCUT2D eigenvalue weighted by molar-refractivity contribution is 5.98. The molecule has 1 unspecified atom stereocenters. The molecular formula is C12H19F3N4O2. The van der Waals surface area contributed by atoms with Crippen molar-refractivity contribution in [2.45, 2.75) is 39.5 Å². The Labute approximate surface area is 120 Å². The predicted molar refractivity (Wildman–Crippen MR) is 70.5 cm³/mol. The van der Waals surface area contributed by atoms with Gasteiger partial charge in [0.2, 0.25) is 0 Å². The Kier molecular flexibility index (Phi) is 4.87. The van der Waals surface area contributed by atoms with Crippen LogP contribution in [-0.2, 0) is 6.54 Å². The minimum absolute atomic E-state index is 0.0566. The number of rotatable bonds is 4. The summed E-state index contributed by atoms with van der Waals surface area (Å²) in [5.41, 5.74) is 4.28. The number of carbonyl (C=O) groups is 1. The molecular weight excluding hydrogens is 289 g/mol. The van der Waals surface area contributed by atoms with Gasteiger partial charge in [-0.05, 0) is 5.41 Å². The van der Waals surface area contributed by atoms with E-state index in [4.69, 9.17) is 10.8 Å². The molecule has 0 aliphatic heterocycles. The highest BCUT2D eigenvalue weighted by Gasteiger charge is 2.48. The minimum Gasteiger partial charge on any atom is -0.394 e. The van der Waals surface area contributed by atoms with Gasteiger partial charge in [0.15, 0.2) is 0 Å². The number of carbonyl (C=O) groups excluding carboxylic acids is 1. The first-order valence-corrected chi connectivity index (χ1v) is 6.28. The van der Waals surface area contributed by atoms with E-state index in [9.17, 15) is 18.0 Å². The van der Waals surface area contributed by atoms with Crippen LogP contribution in [0.4, 0.5) is 19.0 Å². The summed E-state index contributed by atoms with van der Waals surface area (Å²) in [5, 5.41) is 14.5. The van der Waals surface area contributed by atoms with Crippen molar-refractivity contribution >= 4 is 11.7 Å². The number of hydrogen-bond donors (Lipinski definition) is 3. The van der Waals surface area contributed by atoms with Gasteiger partial charge in [0, 0.05) is 0 Å². The molecule has 0 aliphatic carbocycles. The molecule has 0 bridgehead atoms. The van der Waals surface area contributed by atoms with Crippen molar-refractivity contribution in [3.8, 4) is 0 Å². The van der Waals surface area contributed by atoms with Crippen LogP contribution in [0.3, 0.4) is 0 Å². The predicted octanol–water partition coefficient (Wildman–Crippen LogP) is 1.16. The van der Waals surface area contributed by atoms with Crippen molar-refractivity contribution in [2.75, 3.05) is 12.3 Å². The quantitative estimate of drug-likeness (QED) is 0.778. The molecule has 21 heavy (non-hydrogen) atoms. The molecule has 120 valence electrons. The topological polar surface area (TPSA) is 93.2 Å². The summed E-state index contributed by atoms with van der Waals surface area (Å²) >= 11 is 0. The van der Waals surface area contributed by atoms with E-state index in [-0.39, 0.29) is 24.5 Å². The van der Waals surface area contributed by atoms with E-state index < -0.39 is 23.5 Å². The summed E-state index contributed by atoms with van der Waals surface area (Å²) in [7, 11) is 0. The van der Waals surface area contributed by atoms with Gasteiger partial charge in [-0.25, -0.2) is 4.68 Å². The molecule has 1 atom stereocenters. The zero-order valence-corrected chi connectivity index (χ0v) is 12.0. The molecule has 1 aromatic rings. The lowest BCUT2D eigenvalue weighted by atomic mass is 9.86. The highest BCUT2D eigenvalue weighted by atomic mass is 19.4. The van der Waals surface area contributed by atoms with Gasteiger partial charge in [-0.3, -0.25) is 4.79 Å². The fraction of sp³-hybridized carbons (Fsp3) is 0.667. The number of aromatic nitrogens is 2. The number of aliphatic hydroxyl groups excluding tert-OH is 1. The second-order valence-corrected chi connectivity index (χ2v) is 5.70. The summed E-state index contributed by atoms with van der Waals surface area (Å²) in [6, 6.07) is -2.02.